The first-order valence-corrected chi connectivity index (χ1v) is 7.87. The van der Waals surface area contributed by atoms with Crippen molar-refractivity contribution in [3.05, 3.63) is 53.5 Å². The summed E-state index contributed by atoms with van der Waals surface area (Å²) >= 11 is 0. The molecule has 1 heterocycles. The number of benzene rings is 1. The second kappa shape index (κ2) is 7.75. The summed E-state index contributed by atoms with van der Waals surface area (Å²) in [7, 11) is 0. The molecule has 1 N–H and O–H groups in total. The molecule has 1 aromatic heterocycles. The van der Waals surface area contributed by atoms with Crippen LogP contribution in [0.3, 0.4) is 0 Å². The molecule has 2 aromatic rings. The van der Waals surface area contributed by atoms with E-state index in [0.29, 0.717) is 11.3 Å². The van der Waals surface area contributed by atoms with Crippen LogP contribution in [-0.2, 0) is 12.7 Å². The molecular formula is C18H20F4N2. The lowest BCUT2D eigenvalue weighted by atomic mass is 10.1. The molecule has 0 saturated carbocycles. The van der Waals surface area contributed by atoms with E-state index in [9.17, 15) is 17.6 Å². The van der Waals surface area contributed by atoms with Crippen LogP contribution in [-0.4, -0.2) is 11.0 Å². The Bertz CT molecular complexity index is 666. The van der Waals surface area contributed by atoms with E-state index in [0.717, 1.165) is 25.0 Å². The minimum atomic E-state index is -4.38. The highest BCUT2D eigenvalue weighted by Crippen LogP contribution is 2.30. The zero-order chi connectivity index (χ0) is 17.7. The fraction of sp³-hybridized carbons (Fsp3) is 0.389. The van der Waals surface area contributed by atoms with E-state index in [1.54, 1.807) is 0 Å². The highest BCUT2D eigenvalue weighted by atomic mass is 19.4. The van der Waals surface area contributed by atoms with E-state index in [2.05, 4.69) is 17.2 Å². The minimum absolute atomic E-state index is 0.242. The summed E-state index contributed by atoms with van der Waals surface area (Å²) in [6.07, 6.45) is -2.38. The molecule has 2 nitrogen and oxygen atoms in total. The van der Waals surface area contributed by atoms with E-state index in [1.165, 1.54) is 24.3 Å². The molecule has 0 unspecified atom stereocenters. The normalized spacial score (nSPS) is 13.1. The zero-order valence-electron chi connectivity index (χ0n) is 13.6. The molecule has 1 atom stereocenters. The maximum absolute atomic E-state index is 13.9. The quantitative estimate of drug-likeness (QED) is 0.733. The van der Waals surface area contributed by atoms with E-state index >= 15 is 0 Å². The molecule has 0 aliphatic rings. The number of hydrogen-bond acceptors (Lipinski definition) is 2. The Labute approximate surface area is 138 Å². The Morgan fingerprint density at radius 1 is 1.08 bits per heavy atom. The van der Waals surface area contributed by atoms with Gasteiger partial charge in [0.05, 0.1) is 17.0 Å². The topological polar surface area (TPSA) is 24.9 Å². The van der Waals surface area contributed by atoms with Gasteiger partial charge < -0.3 is 5.32 Å². The molecule has 0 fully saturated rings. The van der Waals surface area contributed by atoms with Crippen molar-refractivity contribution in [1.29, 1.82) is 0 Å². The first-order chi connectivity index (χ1) is 11.3. The van der Waals surface area contributed by atoms with Crippen LogP contribution in [0.2, 0.25) is 0 Å². The third-order valence-electron chi connectivity index (χ3n) is 3.77. The molecule has 130 valence electrons. The Morgan fingerprint density at radius 3 is 2.33 bits per heavy atom. The van der Waals surface area contributed by atoms with Gasteiger partial charge in [0.1, 0.15) is 5.82 Å². The summed E-state index contributed by atoms with van der Waals surface area (Å²) < 4.78 is 51.7. The maximum atomic E-state index is 13.9. The number of halogens is 4. The van der Waals surface area contributed by atoms with Crippen molar-refractivity contribution in [2.75, 3.05) is 0 Å². The van der Waals surface area contributed by atoms with Crippen LogP contribution >= 0.6 is 0 Å². The highest BCUT2D eigenvalue weighted by Gasteiger charge is 2.30. The standard InChI is InChI=1S/C18H20F4N2/c1-3-4-12(2)23-11-17-15(19)9-10-16(24-17)13-5-7-14(8-6-13)18(20,21)22/h5-10,12,23H,3-4,11H2,1-2H3/t12-/m1/s1. The smallest absolute Gasteiger partial charge is 0.309 e. The van der Waals surface area contributed by atoms with Crippen LogP contribution in [0.4, 0.5) is 17.6 Å². The number of rotatable bonds is 6. The average molecular weight is 340 g/mol. The van der Waals surface area contributed by atoms with Gasteiger partial charge in [-0.15, -0.1) is 0 Å². The van der Waals surface area contributed by atoms with Gasteiger partial charge >= 0.3 is 6.18 Å². The molecule has 24 heavy (non-hydrogen) atoms. The van der Waals surface area contributed by atoms with E-state index in [4.69, 9.17) is 0 Å². The van der Waals surface area contributed by atoms with Crippen LogP contribution in [0.25, 0.3) is 11.3 Å². The van der Waals surface area contributed by atoms with Crippen LogP contribution < -0.4 is 5.32 Å². The monoisotopic (exact) mass is 340 g/mol. The Kier molecular flexibility index (Phi) is 5.94. The lowest BCUT2D eigenvalue weighted by molar-refractivity contribution is -0.137. The summed E-state index contributed by atoms with van der Waals surface area (Å²) in [5, 5.41) is 3.20. The maximum Gasteiger partial charge on any atom is 0.416 e. The predicted octanol–water partition coefficient (Wildman–Crippen LogP) is 5.18. The second-order valence-electron chi connectivity index (χ2n) is 5.77. The van der Waals surface area contributed by atoms with Gasteiger partial charge in [-0.3, -0.25) is 0 Å². The van der Waals surface area contributed by atoms with Crippen molar-refractivity contribution in [2.24, 2.45) is 0 Å². The largest absolute Gasteiger partial charge is 0.416 e. The van der Waals surface area contributed by atoms with Crippen molar-refractivity contribution in [2.45, 2.75) is 45.5 Å². The Balaban J connectivity index is 2.18. The summed E-state index contributed by atoms with van der Waals surface area (Å²) in [4.78, 5) is 4.25. The molecule has 6 heteroatoms. The first kappa shape index (κ1) is 18.4. The molecular weight excluding hydrogens is 320 g/mol. The zero-order valence-corrected chi connectivity index (χ0v) is 13.6. The Morgan fingerprint density at radius 2 is 1.75 bits per heavy atom. The molecule has 0 aliphatic heterocycles. The fourth-order valence-corrected chi connectivity index (χ4v) is 2.41. The SMILES string of the molecule is CCC[C@@H](C)NCc1nc(-c2ccc(C(F)(F)F)cc2)ccc1F. The van der Waals surface area contributed by atoms with Crippen molar-refractivity contribution >= 4 is 0 Å². The van der Waals surface area contributed by atoms with Crippen LogP contribution in [0.5, 0.6) is 0 Å². The van der Waals surface area contributed by atoms with Crippen molar-refractivity contribution in [1.82, 2.24) is 10.3 Å². The summed E-state index contributed by atoms with van der Waals surface area (Å²) in [6, 6.07) is 7.70. The number of nitrogens with zero attached hydrogens (tertiary/aromatic N) is 1. The van der Waals surface area contributed by atoms with Gasteiger partial charge in [-0.05, 0) is 37.6 Å². The van der Waals surface area contributed by atoms with Crippen LogP contribution in [0, 0.1) is 5.82 Å². The van der Waals surface area contributed by atoms with Gasteiger partial charge in [0.15, 0.2) is 0 Å². The molecule has 0 amide bonds. The summed E-state index contributed by atoms with van der Waals surface area (Å²) in [6.45, 7) is 4.37. The first-order valence-electron chi connectivity index (χ1n) is 7.87. The second-order valence-corrected chi connectivity index (χ2v) is 5.77. The average Bonchev–Trinajstić information content (AvgIpc) is 2.54. The number of aromatic nitrogens is 1. The van der Waals surface area contributed by atoms with Crippen LogP contribution in [0.15, 0.2) is 36.4 Å². The molecule has 1 aromatic carbocycles. The Hall–Kier alpha value is -1.95. The lowest BCUT2D eigenvalue weighted by Gasteiger charge is -2.13. The molecule has 0 bridgehead atoms. The third-order valence-corrected chi connectivity index (χ3v) is 3.77. The van der Waals surface area contributed by atoms with Gasteiger partial charge in [-0.25, -0.2) is 9.37 Å². The molecule has 0 aliphatic carbocycles. The van der Waals surface area contributed by atoms with Crippen molar-refractivity contribution in [3.63, 3.8) is 0 Å². The van der Waals surface area contributed by atoms with Gasteiger partial charge in [0.25, 0.3) is 0 Å². The number of nitrogens with one attached hydrogen (secondary N) is 1. The highest BCUT2D eigenvalue weighted by molar-refractivity contribution is 5.59. The van der Waals surface area contributed by atoms with E-state index in [-0.39, 0.29) is 18.3 Å². The predicted molar refractivity (Wildman–Crippen MR) is 85.8 cm³/mol. The molecule has 0 spiro atoms. The fourth-order valence-electron chi connectivity index (χ4n) is 2.41. The van der Waals surface area contributed by atoms with Crippen molar-refractivity contribution in [3.8, 4) is 11.3 Å². The lowest BCUT2D eigenvalue weighted by Crippen LogP contribution is -2.26. The molecule has 0 radical (unpaired) electrons. The molecule has 0 saturated heterocycles. The number of alkyl halides is 3. The van der Waals surface area contributed by atoms with Gasteiger partial charge in [0.2, 0.25) is 0 Å². The minimum Gasteiger partial charge on any atom is -0.309 e. The summed E-state index contributed by atoms with van der Waals surface area (Å²) in [5.41, 5.74) is 0.509. The van der Waals surface area contributed by atoms with E-state index in [1.807, 2.05) is 6.92 Å². The van der Waals surface area contributed by atoms with Gasteiger partial charge in [-0.2, -0.15) is 13.2 Å². The summed E-state index contributed by atoms with van der Waals surface area (Å²) in [5.74, 6) is -0.429. The molecule has 2 rings (SSSR count). The van der Waals surface area contributed by atoms with Crippen LogP contribution in [0.1, 0.15) is 37.9 Å². The number of pyridine rings is 1. The van der Waals surface area contributed by atoms with E-state index < -0.39 is 17.6 Å². The van der Waals surface area contributed by atoms with Crippen molar-refractivity contribution < 1.29 is 17.6 Å². The van der Waals surface area contributed by atoms with Gasteiger partial charge in [0, 0.05) is 18.2 Å². The third kappa shape index (κ3) is 4.77. The number of hydrogen-bond donors (Lipinski definition) is 1. The van der Waals surface area contributed by atoms with Gasteiger partial charge in [-0.1, -0.05) is 25.5 Å².